The Morgan fingerprint density at radius 1 is 1.11 bits per heavy atom. The molecule has 0 unspecified atom stereocenters. The fourth-order valence-corrected chi connectivity index (χ4v) is 3.25. The van der Waals surface area contributed by atoms with E-state index in [2.05, 4.69) is 54.0 Å². The van der Waals surface area contributed by atoms with Gasteiger partial charge in [0.1, 0.15) is 0 Å². The Hall–Kier alpha value is -0.340. The van der Waals surface area contributed by atoms with Crippen LogP contribution in [0.3, 0.4) is 0 Å². The summed E-state index contributed by atoms with van der Waals surface area (Å²) in [6.07, 6.45) is 4.89. The first-order chi connectivity index (χ1) is 8.76. The largest absolute Gasteiger partial charge is 0.377 e. The summed E-state index contributed by atoms with van der Waals surface area (Å²) in [6.45, 7) is 6.18. The lowest BCUT2D eigenvalue weighted by atomic mass is 9.80. The number of benzene rings is 1. The van der Waals surface area contributed by atoms with Crippen LogP contribution in [0.1, 0.15) is 45.1 Å². The fraction of sp³-hybridized carbons (Fsp3) is 0.625. The topological polar surface area (TPSA) is 9.23 Å². The minimum absolute atomic E-state index is 0.468. The van der Waals surface area contributed by atoms with Crippen LogP contribution in [0.25, 0.3) is 0 Å². The zero-order chi connectivity index (χ0) is 13.3. The lowest BCUT2D eigenvalue weighted by Crippen LogP contribution is -2.21. The quantitative estimate of drug-likeness (QED) is 0.450. The smallest absolute Gasteiger partial charge is 0.0716 e. The van der Waals surface area contributed by atoms with E-state index >= 15 is 0 Å². The molecule has 0 atom stereocenters. The maximum atomic E-state index is 5.73. The van der Waals surface area contributed by atoms with E-state index in [1.54, 1.807) is 0 Å². The molecule has 0 saturated carbocycles. The van der Waals surface area contributed by atoms with Crippen molar-refractivity contribution in [3.8, 4) is 0 Å². The lowest BCUT2D eigenvalue weighted by Gasteiger charge is -2.29. The summed E-state index contributed by atoms with van der Waals surface area (Å²) >= 11 is 3.66. The van der Waals surface area contributed by atoms with Crippen molar-refractivity contribution >= 4 is 15.9 Å². The molecule has 0 aliphatic rings. The van der Waals surface area contributed by atoms with Crippen LogP contribution in [0.15, 0.2) is 30.3 Å². The number of rotatable bonds is 9. The van der Waals surface area contributed by atoms with E-state index in [4.69, 9.17) is 4.74 Å². The van der Waals surface area contributed by atoms with Gasteiger partial charge >= 0.3 is 0 Å². The monoisotopic (exact) mass is 312 g/mol. The standard InChI is InChI=1S/C16H25BrO/c1-3-16(4-2,14-17)11-8-12-18-13-15-9-6-5-7-10-15/h5-7,9-10H,3-4,8,11-14H2,1-2H3. The maximum Gasteiger partial charge on any atom is 0.0716 e. The van der Waals surface area contributed by atoms with E-state index in [0.29, 0.717) is 5.41 Å². The summed E-state index contributed by atoms with van der Waals surface area (Å²) < 4.78 is 5.73. The average molecular weight is 313 g/mol. The Balaban J connectivity index is 2.18. The van der Waals surface area contributed by atoms with Crippen molar-refractivity contribution in [1.29, 1.82) is 0 Å². The summed E-state index contributed by atoms with van der Waals surface area (Å²) in [5, 5.41) is 1.10. The molecule has 2 heteroatoms. The van der Waals surface area contributed by atoms with E-state index in [-0.39, 0.29) is 0 Å². The molecule has 0 fully saturated rings. The molecule has 1 rings (SSSR count). The Morgan fingerprint density at radius 3 is 2.33 bits per heavy atom. The Morgan fingerprint density at radius 2 is 1.78 bits per heavy atom. The molecule has 0 heterocycles. The minimum Gasteiger partial charge on any atom is -0.377 e. The zero-order valence-electron chi connectivity index (χ0n) is 11.6. The molecule has 102 valence electrons. The predicted molar refractivity (Wildman–Crippen MR) is 82.1 cm³/mol. The highest BCUT2D eigenvalue weighted by molar-refractivity contribution is 9.09. The molecule has 0 aliphatic heterocycles. The van der Waals surface area contributed by atoms with Gasteiger partial charge in [0, 0.05) is 11.9 Å². The molecule has 0 radical (unpaired) electrons. The van der Waals surface area contributed by atoms with Crippen LogP contribution < -0.4 is 0 Å². The summed E-state index contributed by atoms with van der Waals surface area (Å²) in [6, 6.07) is 10.4. The first-order valence-corrected chi connectivity index (χ1v) is 8.06. The van der Waals surface area contributed by atoms with E-state index in [1.165, 1.54) is 24.8 Å². The summed E-state index contributed by atoms with van der Waals surface area (Å²) in [5.41, 5.74) is 1.73. The van der Waals surface area contributed by atoms with Crippen molar-refractivity contribution in [2.45, 2.75) is 46.1 Å². The SMILES string of the molecule is CCC(CC)(CBr)CCCOCc1ccccc1. The van der Waals surface area contributed by atoms with Gasteiger partial charge in [0.05, 0.1) is 6.61 Å². The van der Waals surface area contributed by atoms with Crippen LogP contribution in [-0.4, -0.2) is 11.9 Å². The molecule has 1 nitrogen and oxygen atoms in total. The number of alkyl halides is 1. The minimum atomic E-state index is 0.468. The Bertz CT molecular complexity index is 298. The zero-order valence-corrected chi connectivity index (χ0v) is 13.2. The molecule has 0 aliphatic carbocycles. The van der Waals surface area contributed by atoms with Crippen molar-refractivity contribution in [3.05, 3.63) is 35.9 Å². The number of hydrogen-bond donors (Lipinski definition) is 0. The fourth-order valence-electron chi connectivity index (χ4n) is 2.17. The predicted octanol–water partition coefficient (Wildman–Crippen LogP) is 5.18. The van der Waals surface area contributed by atoms with Crippen molar-refractivity contribution in [3.63, 3.8) is 0 Å². The highest BCUT2D eigenvalue weighted by atomic mass is 79.9. The first kappa shape index (κ1) is 15.7. The van der Waals surface area contributed by atoms with Gasteiger partial charge in [-0.25, -0.2) is 0 Å². The third-order valence-corrected chi connectivity index (χ3v) is 5.08. The lowest BCUT2D eigenvalue weighted by molar-refractivity contribution is 0.106. The van der Waals surface area contributed by atoms with Gasteiger partial charge in [0.2, 0.25) is 0 Å². The van der Waals surface area contributed by atoms with Gasteiger partial charge in [-0.3, -0.25) is 0 Å². The van der Waals surface area contributed by atoms with Crippen LogP contribution in [-0.2, 0) is 11.3 Å². The van der Waals surface area contributed by atoms with E-state index < -0.39 is 0 Å². The third kappa shape index (κ3) is 5.11. The Kier molecular flexibility index (Phi) is 7.60. The molecule has 1 aromatic rings. The maximum absolute atomic E-state index is 5.73. The van der Waals surface area contributed by atoms with E-state index in [0.717, 1.165) is 25.0 Å². The second-order valence-corrected chi connectivity index (χ2v) is 5.54. The highest BCUT2D eigenvalue weighted by Gasteiger charge is 2.23. The van der Waals surface area contributed by atoms with Crippen molar-refractivity contribution in [2.75, 3.05) is 11.9 Å². The van der Waals surface area contributed by atoms with Crippen LogP contribution >= 0.6 is 15.9 Å². The van der Waals surface area contributed by atoms with E-state index in [9.17, 15) is 0 Å². The van der Waals surface area contributed by atoms with Crippen molar-refractivity contribution in [1.82, 2.24) is 0 Å². The van der Waals surface area contributed by atoms with Crippen LogP contribution in [0.4, 0.5) is 0 Å². The van der Waals surface area contributed by atoms with Crippen LogP contribution in [0.5, 0.6) is 0 Å². The second kappa shape index (κ2) is 8.71. The average Bonchev–Trinajstić information content (AvgIpc) is 2.45. The highest BCUT2D eigenvalue weighted by Crippen LogP contribution is 2.33. The molecule has 0 spiro atoms. The van der Waals surface area contributed by atoms with Gasteiger partial charge in [-0.05, 0) is 36.7 Å². The molecular weight excluding hydrogens is 288 g/mol. The van der Waals surface area contributed by atoms with Gasteiger partial charge < -0.3 is 4.74 Å². The van der Waals surface area contributed by atoms with Crippen LogP contribution in [0.2, 0.25) is 0 Å². The van der Waals surface area contributed by atoms with Crippen molar-refractivity contribution in [2.24, 2.45) is 5.41 Å². The summed E-state index contributed by atoms with van der Waals surface area (Å²) in [7, 11) is 0. The molecule has 1 aromatic carbocycles. The van der Waals surface area contributed by atoms with Crippen molar-refractivity contribution < 1.29 is 4.74 Å². The van der Waals surface area contributed by atoms with E-state index in [1.807, 2.05) is 6.07 Å². The molecule has 0 bridgehead atoms. The van der Waals surface area contributed by atoms with Gasteiger partial charge in [0.25, 0.3) is 0 Å². The number of ether oxygens (including phenoxy) is 1. The first-order valence-electron chi connectivity index (χ1n) is 6.94. The second-order valence-electron chi connectivity index (χ2n) is 4.98. The molecule has 0 amide bonds. The third-order valence-electron chi connectivity index (χ3n) is 3.89. The van der Waals surface area contributed by atoms with Gasteiger partial charge in [-0.1, -0.05) is 60.1 Å². The van der Waals surface area contributed by atoms with Gasteiger partial charge in [-0.2, -0.15) is 0 Å². The molecular formula is C16H25BrO. The summed E-state index contributed by atoms with van der Waals surface area (Å²) in [5.74, 6) is 0. The molecule has 0 saturated heterocycles. The summed E-state index contributed by atoms with van der Waals surface area (Å²) in [4.78, 5) is 0. The molecule has 0 N–H and O–H groups in total. The Labute approximate surface area is 120 Å². The van der Waals surface area contributed by atoms with Gasteiger partial charge in [-0.15, -0.1) is 0 Å². The number of hydrogen-bond acceptors (Lipinski definition) is 1. The molecule has 18 heavy (non-hydrogen) atoms. The van der Waals surface area contributed by atoms with Gasteiger partial charge in [0.15, 0.2) is 0 Å². The number of halogens is 1. The normalized spacial score (nSPS) is 11.7. The van der Waals surface area contributed by atoms with Crippen LogP contribution in [0, 0.1) is 5.41 Å². The molecule has 0 aromatic heterocycles.